The maximum absolute atomic E-state index is 12.8. The standard InChI is InChI=1S/C20H25N3O2/c1-14-9-10-15(2)18(13-14)23-20(25)19(17-7-5-4-6-8-17)22-12-11-21-16(3)24/h4-10,13,19,22H,11-12H2,1-3H3,(H,21,24)(H,23,25)/t19-/m1/s1. The first-order valence-electron chi connectivity index (χ1n) is 8.38. The number of nitrogens with one attached hydrogen (secondary N) is 3. The van der Waals surface area contributed by atoms with Crippen molar-refractivity contribution in [2.75, 3.05) is 18.4 Å². The molecule has 132 valence electrons. The fourth-order valence-corrected chi connectivity index (χ4v) is 2.54. The third-order valence-electron chi connectivity index (χ3n) is 3.89. The Balaban J connectivity index is 2.12. The zero-order chi connectivity index (χ0) is 18.2. The molecule has 2 aromatic rings. The number of hydrogen-bond acceptors (Lipinski definition) is 3. The van der Waals surface area contributed by atoms with Crippen molar-refractivity contribution in [1.82, 2.24) is 10.6 Å². The van der Waals surface area contributed by atoms with E-state index < -0.39 is 6.04 Å². The molecule has 0 unspecified atom stereocenters. The summed E-state index contributed by atoms with van der Waals surface area (Å²) in [6.45, 7) is 6.41. The molecule has 0 aliphatic carbocycles. The molecule has 0 heterocycles. The van der Waals surface area contributed by atoms with Gasteiger partial charge in [0.1, 0.15) is 6.04 Å². The van der Waals surface area contributed by atoms with Gasteiger partial charge in [-0.1, -0.05) is 42.5 Å². The molecule has 0 radical (unpaired) electrons. The number of aryl methyl sites for hydroxylation is 2. The first-order valence-corrected chi connectivity index (χ1v) is 8.38. The lowest BCUT2D eigenvalue weighted by Gasteiger charge is -2.20. The predicted octanol–water partition coefficient (Wildman–Crippen LogP) is 2.71. The van der Waals surface area contributed by atoms with Crippen LogP contribution in [-0.2, 0) is 9.59 Å². The van der Waals surface area contributed by atoms with Gasteiger partial charge in [-0.05, 0) is 36.6 Å². The largest absolute Gasteiger partial charge is 0.355 e. The maximum atomic E-state index is 12.8. The van der Waals surface area contributed by atoms with Crippen molar-refractivity contribution in [2.45, 2.75) is 26.8 Å². The SMILES string of the molecule is CC(=O)NCCN[C@@H](C(=O)Nc1cc(C)ccc1C)c1ccccc1. The second-order valence-corrected chi connectivity index (χ2v) is 6.09. The zero-order valence-electron chi connectivity index (χ0n) is 14.9. The van der Waals surface area contributed by atoms with Gasteiger partial charge < -0.3 is 16.0 Å². The van der Waals surface area contributed by atoms with E-state index in [-0.39, 0.29) is 11.8 Å². The van der Waals surface area contributed by atoms with Crippen LogP contribution in [0, 0.1) is 13.8 Å². The number of hydrogen-bond donors (Lipinski definition) is 3. The van der Waals surface area contributed by atoms with Crippen molar-refractivity contribution in [3.05, 3.63) is 65.2 Å². The number of rotatable bonds is 7. The molecule has 5 nitrogen and oxygen atoms in total. The highest BCUT2D eigenvalue weighted by molar-refractivity contribution is 5.96. The summed E-state index contributed by atoms with van der Waals surface area (Å²) >= 11 is 0. The second-order valence-electron chi connectivity index (χ2n) is 6.09. The molecule has 0 aliphatic heterocycles. The number of carbonyl (C=O) groups excluding carboxylic acids is 2. The van der Waals surface area contributed by atoms with E-state index in [0.29, 0.717) is 13.1 Å². The lowest BCUT2D eigenvalue weighted by molar-refractivity contribution is -0.119. The minimum Gasteiger partial charge on any atom is -0.355 e. The van der Waals surface area contributed by atoms with Crippen LogP contribution in [-0.4, -0.2) is 24.9 Å². The Morgan fingerprint density at radius 1 is 1.00 bits per heavy atom. The van der Waals surface area contributed by atoms with Gasteiger partial charge in [-0.2, -0.15) is 0 Å². The highest BCUT2D eigenvalue weighted by Crippen LogP contribution is 2.20. The highest BCUT2D eigenvalue weighted by Gasteiger charge is 2.20. The number of anilines is 1. The van der Waals surface area contributed by atoms with Gasteiger partial charge in [0.25, 0.3) is 0 Å². The van der Waals surface area contributed by atoms with Crippen molar-refractivity contribution in [2.24, 2.45) is 0 Å². The molecular weight excluding hydrogens is 314 g/mol. The van der Waals surface area contributed by atoms with E-state index >= 15 is 0 Å². The lowest BCUT2D eigenvalue weighted by atomic mass is 10.1. The van der Waals surface area contributed by atoms with E-state index in [1.807, 2.05) is 62.4 Å². The molecule has 0 aliphatic rings. The Hall–Kier alpha value is -2.66. The molecule has 2 rings (SSSR count). The van der Waals surface area contributed by atoms with Crippen molar-refractivity contribution < 1.29 is 9.59 Å². The van der Waals surface area contributed by atoms with E-state index in [1.165, 1.54) is 6.92 Å². The van der Waals surface area contributed by atoms with E-state index in [4.69, 9.17) is 0 Å². The van der Waals surface area contributed by atoms with Gasteiger partial charge in [0.2, 0.25) is 11.8 Å². The molecule has 1 atom stereocenters. The minimum absolute atomic E-state index is 0.0853. The summed E-state index contributed by atoms with van der Waals surface area (Å²) in [5, 5.41) is 8.95. The number of carbonyl (C=O) groups is 2. The van der Waals surface area contributed by atoms with Crippen LogP contribution in [0.2, 0.25) is 0 Å². The Kier molecular flexibility index (Phi) is 6.71. The third-order valence-corrected chi connectivity index (χ3v) is 3.89. The second kappa shape index (κ2) is 8.99. The third kappa shape index (κ3) is 5.72. The average Bonchev–Trinajstić information content (AvgIpc) is 2.58. The van der Waals surface area contributed by atoms with Crippen LogP contribution < -0.4 is 16.0 Å². The number of amides is 2. The smallest absolute Gasteiger partial charge is 0.246 e. The quantitative estimate of drug-likeness (QED) is 0.679. The monoisotopic (exact) mass is 339 g/mol. The maximum Gasteiger partial charge on any atom is 0.246 e. The topological polar surface area (TPSA) is 70.2 Å². The summed E-state index contributed by atoms with van der Waals surface area (Å²) in [7, 11) is 0. The van der Waals surface area contributed by atoms with Crippen LogP contribution in [0.1, 0.15) is 29.7 Å². The summed E-state index contributed by atoms with van der Waals surface area (Å²) < 4.78 is 0. The summed E-state index contributed by atoms with van der Waals surface area (Å²) in [6, 6.07) is 15.0. The predicted molar refractivity (Wildman–Crippen MR) is 100 cm³/mol. The normalized spacial score (nSPS) is 11.6. The van der Waals surface area contributed by atoms with Gasteiger partial charge in [-0.3, -0.25) is 9.59 Å². The van der Waals surface area contributed by atoms with Gasteiger partial charge in [0, 0.05) is 25.7 Å². The van der Waals surface area contributed by atoms with Crippen LogP contribution in [0.15, 0.2) is 48.5 Å². The van der Waals surface area contributed by atoms with Crippen molar-refractivity contribution >= 4 is 17.5 Å². The Morgan fingerprint density at radius 3 is 2.40 bits per heavy atom. The molecule has 0 fully saturated rings. The van der Waals surface area contributed by atoms with Gasteiger partial charge in [-0.25, -0.2) is 0 Å². The van der Waals surface area contributed by atoms with Crippen LogP contribution >= 0.6 is 0 Å². The van der Waals surface area contributed by atoms with Gasteiger partial charge in [-0.15, -0.1) is 0 Å². The molecule has 0 saturated heterocycles. The van der Waals surface area contributed by atoms with E-state index in [1.54, 1.807) is 0 Å². The fraction of sp³-hybridized carbons (Fsp3) is 0.300. The van der Waals surface area contributed by atoms with Crippen LogP contribution in [0.25, 0.3) is 0 Å². The van der Waals surface area contributed by atoms with E-state index in [2.05, 4.69) is 16.0 Å². The molecule has 0 aromatic heterocycles. The van der Waals surface area contributed by atoms with Crippen molar-refractivity contribution in [3.8, 4) is 0 Å². The highest BCUT2D eigenvalue weighted by atomic mass is 16.2. The summed E-state index contributed by atoms with van der Waals surface area (Å²) in [5.74, 6) is -0.208. The Morgan fingerprint density at radius 2 is 1.72 bits per heavy atom. The minimum atomic E-state index is -0.491. The molecular formula is C20H25N3O2. The first-order chi connectivity index (χ1) is 12.0. The van der Waals surface area contributed by atoms with Crippen molar-refractivity contribution in [1.29, 1.82) is 0 Å². The Labute approximate surface area is 148 Å². The Bertz CT molecular complexity index is 729. The average molecular weight is 339 g/mol. The van der Waals surface area contributed by atoms with Gasteiger partial charge in [0.05, 0.1) is 0 Å². The molecule has 2 aromatic carbocycles. The van der Waals surface area contributed by atoms with Crippen LogP contribution in [0.5, 0.6) is 0 Å². The van der Waals surface area contributed by atoms with Crippen LogP contribution in [0.3, 0.4) is 0 Å². The first kappa shape index (κ1) is 18.7. The van der Waals surface area contributed by atoms with Gasteiger partial charge in [0.15, 0.2) is 0 Å². The molecule has 3 N–H and O–H groups in total. The lowest BCUT2D eigenvalue weighted by Crippen LogP contribution is -2.38. The fourth-order valence-electron chi connectivity index (χ4n) is 2.54. The van der Waals surface area contributed by atoms with Gasteiger partial charge >= 0.3 is 0 Å². The summed E-state index contributed by atoms with van der Waals surface area (Å²) in [4.78, 5) is 23.8. The molecule has 25 heavy (non-hydrogen) atoms. The van der Waals surface area contributed by atoms with Crippen molar-refractivity contribution in [3.63, 3.8) is 0 Å². The molecule has 5 heteroatoms. The summed E-state index contributed by atoms with van der Waals surface area (Å²) in [6.07, 6.45) is 0. The number of benzene rings is 2. The molecule has 2 amide bonds. The molecule has 0 bridgehead atoms. The van der Waals surface area contributed by atoms with E-state index in [0.717, 1.165) is 22.4 Å². The van der Waals surface area contributed by atoms with Crippen LogP contribution in [0.4, 0.5) is 5.69 Å². The molecule has 0 saturated carbocycles. The molecule has 0 spiro atoms. The van der Waals surface area contributed by atoms with E-state index in [9.17, 15) is 9.59 Å². The summed E-state index contributed by atoms with van der Waals surface area (Å²) in [5.41, 5.74) is 3.81. The zero-order valence-corrected chi connectivity index (χ0v) is 14.9.